The van der Waals surface area contributed by atoms with Crippen molar-refractivity contribution in [3.8, 4) is 0 Å². The molecule has 1 aromatic carbocycles. The molecule has 104 valence electrons. The van der Waals surface area contributed by atoms with Gasteiger partial charge in [0.15, 0.2) is 0 Å². The maximum absolute atomic E-state index is 12.9. The fraction of sp³-hybridized carbons (Fsp3) is 0.167. The van der Waals surface area contributed by atoms with Gasteiger partial charge < -0.3 is 10.2 Å². The Bertz CT molecular complexity index is 632. The lowest BCUT2D eigenvalue weighted by molar-refractivity contribution is -0.384. The van der Waals surface area contributed by atoms with Gasteiger partial charge >= 0.3 is 5.69 Å². The minimum absolute atomic E-state index is 0.126. The van der Waals surface area contributed by atoms with Crippen LogP contribution in [0.4, 0.5) is 27.5 Å². The first-order valence-electron chi connectivity index (χ1n) is 5.71. The molecule has 0 fully saturated rings. The Morgan fingerprint density at radius 2 is 2.00 bits per heavy atom. The lowest BCUT2D eigenvalue weighted by atomic mass is 10.3. The molecule has 0 bridgehead atoms. The van der Waals surface area contributed by atoms with E-state index in [0.717, 1.165) is 6.20 Å². The van der Waals surface area contributed by atoms with E-state index in [-0.39, 0.29) is 23.3 Å². The van der Waals surface area contributed by atoms with E-state index >= 15 is 0 Å². The number of nitrogens with one attached hydrogen (secondary N) is 1. The van der Waals surface area contributed by atoms with E-state index in [0.29, 0.717) is 5.69 Å². The highest BCUT2D eigenvalue weighted by Gasteiger charge is 2.21. The molecule has 2 rings (SSSR count). The number of anilines is 3. The molecule has 0 amide bonds. The van der Waals surface area contributed by atoms with Crippen molar-refractivity contribution < 1.29 is 9.31 Å². The van der Waals surface area contributed by atoms with Crippen LogP contribution in [0, 0.1) is 15.9 Å². The zero-order valence-corrected chi connectivity index (χ0v) is 10.9. The standard InChI is InChI=1S/C12H12FN5O2/c1-14-12-15-7-10(18(19)20)11(16-12)17(2)9-5-3-8(13)4-6-9/h3-7H,1-2H3,(H,14,15,16). The number of benzene rings is 1. The van der Waals surface area contributed by atoms with Crippen LogP contribution in [0.1, 0.15) is 0 Å². The minimum atomic E-state index is -0.561. The summed E-state index contributed by atoms with van der Waals surface area (Å²) in [6.07, 6.45) is 1.13. The average Bonchev–Trinajstić information content (AvgIpc) is 2.46. The quantitative estimate of drug-likeness (QED) is 0.682. The molecule has 20 heavy (non-hydrogen) atoms. The third-order valence-electron chi connectivity index (χ3n) is 2.70. The molecule has 0 saturated heterocycles. The van der Waals surface area contributed by atoms with Crippen molar-refractivity contribution in [3.63, 3.8) is 0 Å². The summed E-state index contributed by atoms with van der Waals surface area (Å²) in [5, 5.41) is 13.7. The molecule has 1 aromatic heterocycles. The summed E-state index contributed by atoms with van der Waals surface area (Å²) >= 11 is 0. The lowest BCUT2D eigenvalue weighted by Crippen LogP contribution is -2.14. The minimum Gasteiger partial charge on any atom is -0.357 e. The van der Waals surface area contributed by atoms with Gasteiger partial charge in [-0.15, -0.1) is 0 Å². The fourth-order valence-corrected chi connectivity index (χ4v) is 1.65. The molecule has 0 saturated carbocycles. The summed E-state index contributed by atoms with van der Waals surface area (Å²) in [6, 6.07) is 5.58. The van der Waals surface area contributed by atoms with Crippen molar-refractivity contribution in [3.05, 3.63) is 46.4 Å². The van der Waals surface area contributed by atoms with Gasteiger partial charge in [0.25, 0.3) is 0 Å². The summed E-state index contributed by atoms with van der Waals surface area (Å²) in [5.74, 6) is 0.00997. The van der Waals surface area contributed by atoms with Crippen molar-refractivity contribution >= 4 is 23.1 Å². The van der Waals surface area contributed by atoms with Crippen molar-refractivity contribution in [2.45, 2.75) is 0 Å². The van der Waals surface area contributed by atoms with Crippen LogP contribution in [-0.2, 0) is 0 Å². The van der Waals surface area contributed by atoms with Gasteiger partial charge in [0.2, 0.25) is 11.8 Å². The number of halogens is 1. The molecule has 1 N–H and O–H groups in total. The highest BCUT2D eigenvalue weighted by molar-refractivity contribution is 5.68. The highest BCUT2D eigenvalue weighted by Crippen LogP contribution is 2.30. The van der Waals surface area contributed by atoms with Gasteiger partial charge in [-0.1, -0.05) is 0 Å². The van der Waals surface area contributed by atoms with Crippen molar-refractivity contribution in [1.29, 1.82) is 0 Å². The largest absolute Gasteiger partial charge is 0.357 e. The van der Waals surface area contributed by atoms with Gasteiger partial charge in [-0.3, -0.25) is 10.1 Å². The van der Waals surface area contributed by atoms with Gasteiger partial charge in [0, 0.05) is 19.8 Å². The maximum atomic E-state index is 12.9. The first kappa shape index (κ1) is 13.7. The molecule has 7 nitrogen and oxygen atoms in total. The van der Waals surface area contributed by atoms with Gasteiger partial charge in [0.05, 0.1) is 4.92 Å². The summed E-state index contributed by atoms with van der Waals surface area (Å²) in [7, 11) is 3.23. The molecule has 0 spiro atoms. The van der Waals surface area contributed by atoms with Crippen LogP contribution in [0.15, 0.2) is 30.5 Å². The van der Waals surface area contributed by atoms with Crippen LogP contribution < -0.4 is 10.2 Å². The Morgan fingerprint density at radius 3 is 2.55 bits per heavy atom. The monoisotopic (exact) mass is 277 g/mol. The molecule has 0 aliphatic rings. The van der Waals surface area contributed by atoms with Crippen LogP contribution in [0.3, 0.4) is 0 Å². The van der Waals surface area contributed by atoms with Crippen LogP contribution >= 0.6 is 0 Å². The molecule has 2 aromatic rings. The van der Waals surface area contributed by atoms with E-state index in [1.54, 1.807) is 14.1 Å². The summed E-state index contributed by atoms with van der Waals surface area (Å²) in [5.41, 5.74) is 0.353. The smallest absolute Gasteiger partial charge is 0.330 e. The van der Waals surface area contributed by atoms with E-state index in [1.165, 1.54) is 29.2 Å². The molecule has 0 atom stereocenters. The molecular weight excluding hydrogens is 265 g/mol. The summed E-state index contributed by atoms with van der Waals surface area (Å²) in [6.45, 7) is 0. The van der Waals surface area contributed by atoms with E-state index in [1.807, 2.05) is 0 Å². The maximum Gasteiger partial charge on any atom is 0.330 e. The zero-order chi connectivity index (χ0) is 14.7. The number of hydrogen-bond donors (Lipinski definition) is 1. The number of hydrogen-bond acceptors (Lipinski definition) is 6. The Hall–Kier alpha value is -2.77. The number of nitrogens with zero attached hydrogens (tertiary/aromatic N) is 4. The Morgan fingerprint density at radius 1 is 1.35 bits per heavy atom. The average molecular weight is 277 g/mol. The van der Waals surface area contributed by atoms with Crippen LogP contribution in [0.2, 0.25) is 0 Å². The Balaban J connectivity index is 2.48. The molecule has 0 aliphatic heterocycles. The second kappa shape index (κ2) is 5.47. The second-order valence-electron chi connectivity index (χ2n) is 3.94. The molecule has 1 heterocycles. The predicted octanol–water partition coefficient (Wildman–Crippen LogP) is 2.33. The van der Waals surface area contributed by atoms with E-state index in [2.05, 4.69) is 15.3 Å². The third-order valence-corrected chi connectivity index (χ3v) is 2.70. The highest BCUT2D eigenvalue weighted by atomic mass is 19.1. The summed E-state index contributed by atoms with van der Waals surface area (Å²) in [4.78, 5) is 19.9. The van der Waals surface area contributed by atoms with Crippen LogP contribution in [0.5, 0.6) is 0 Å². The first-order valence-corrected chi connectivity index (χ1v) is 5.71. The molecule has 0 radical (unpaired) electrons. The topological polar surface area (TPSA) is 84.2 Å². The third kappa shape index (κ3) is 2.63. The second-order valence-corrected chi connectivity index (χ2v) is 3.94. The Kier molecular flexibility index (Phi) is 3.74. The van der Waals surface area contributed by atoms with Crippen LogP contribution in [0.25, 0.3) is 0 Å². The van der Waals surface area contributed by atoms with E-state index < -0.39 is 4.92 Å². The van der Waals surface area contributed by atoms with E-state index in [9.17, 15) is 14.5 Å². The first-order chi connectivity index (χ1) is 9.52. The summed E-state index contributed by atoms with van der Waals surface area (Å²) < 4.78 is 12.9. The molecule has 0 unspecified atom stereocenters. The van der Waals surface area contributed by atoms with Crippen molar-refractivity contribution in [2.24, 2.45) is 0 Å². The number of aromatic nitrogens is 2. The van der Waals surface area contributed by atoms with Gasteiger partial charge in [-0.2, -0.15) is 4.98 Å². The zero-order valence-electron chi connectivity index (χ0n) is 10.9. The normalized spacial score (nSPS) is 10.2. The molecular formula is C12H12FN5O2. The van der Waals surface area contributed by atoms with Gasteiger partial charge in [0.1, 0.15) is 12.0 Å². The number of rotatable bonds is 4. The SMILES string of the molecule is CNc1ncc([N+](=O)[O-])c(N(C)c2ccc(F)cc2)n1. The molecule has 0 aliphatic carbocycles. The lowest BCUT2D eigenvalue weighted by Gasteiger charge is -2.18. The number of nitro groups is 1. The van der Waals surface area contributed by atoms with Crippen LogP contribution in [-0.4, -0.2) is 29.0 Å². The van der Waals surface area contributed by atoms with Crippen molar-refractivity contribution in [2.75, 3.05) is 24.3 Å². The van der Waals surface area contributed by atoms with Crippen molar-refractivity contribution in [1.82, 2.24) is 9.97 Å². The predicted molar refractivity (Wildman–Crippen MR) is 72.7 cm³/mol. The molecule has 8 heteroatoms. The van der Waals surface area contributed by atoms with Gasteiger partial charge in [-0.25, -0.2) is 9.37 Å². The Labute approximate surface area is 114 Å². The van der Waals surface area contributed by atoms with E-state index in [4.69, 9.17) is 0 Å². The van der Waals surface area contributed by atoms with Gasteiger partial charge in [-0.05, 0) is 24.3 Å². The fourth-order valence-electron chi connectivity index (χ4n) is 1.65.